The molecular formula is C17H32N2O. The molecule has 0 spiro atoms. The smallest absolute Gasteiger partial charge is 0.230 e. The molecule has 1 rings (SSSR count). The zero-order chi connectivity index (χ0) is 14.8. The van der Waals surface area contributed by atoms with Gasteiger partial charge in [0.05, 0.1) is 6.54 Å². The normalized spacial score (nSPS) is 16.4. The molecule has 0 aromatic carbocycles. The van der Waals surface area contributed by atoms with Gasteiger partial charge in [0.1, 0.15) is 5.84 Å². The predicted octanol–water partition coefficient (Wildman–Crippen LogP) is 4.41. The molecule has 0 radical (unpaired) electrons. The number of aliphatic imine (C=N–C) groups is 1. The van der Waals surface area contributed by atoms with E-state index in [0.29, 0.717) is 0 Å². The van der Waals surface area contributed by atoms with Crippen molar-refractivity contribution < 1.29 is 4.79 Å². The van der Waals surface area contributed by atoms with Crippen LogP contribution in [-0.2, 0) is 4.79 Å². The monoisotopic (exact) mass is 280 g/mol. The van der Waals surface area contributed by atoms with Crippen molar-refractivity contribution in [3.63, 3.8) is 0 Å². The lowest BCUT2D eigenvalue weighted by Crippen LogP contribution is -2.36. The van der Waals surface area contributed by atoms with Crippen LogP contribution in [0.1, 0.15) is 78.6 Å². The summed E-state index contributed by atoms with van der Waals surface area (Å²) >= 11 is 0. The molecule has 1 amide bonds. The van der Waals surface area contributed by atoms with Crippen molar-refractivity contribution in [1.29, 1.82) is 0 Å². The molecule has 0 bridgehead atoms. The number of rotatable bonds is 10. The van der Waals surface area contributed by atoms with Gasteiger partial charge in [-0.05, 0) is 13.3 Å². The number of nitrogens with zero attached hydrogens (tertiary/aromatic N) is 2. The highest BCUT2D eigenvalue weighted by atomic mass is 16.2. The molecule has 116 valence electrons. The van der Waals surface area contributed by atoms with E-state index in [9.17, 15) is 4.79 Å². The number of hydrogen-bond acceptors (Lipinski definition) is 2. The summed E-state index contributed by atoms with van der Waals surface area (Å²) in [4.78, 5) is 18.4. The first-order valence-electron chi connectivity index (χ1n) is 8.49. The first-order valence-corrected chi connectivity index (χ1v) is 8.49. The standard InChI is InChI=1S/C17H32N2O/c1-4-5-6-7-8-9-10-11-12-15(2)17(20)19-14-13-18-16(19)3/h15H,4-14H2,1-3H3. The Morgan fingerprint density at radius 3 is 2.30 bits per heavy atom. The fraction of sp³-hybridized carbons (Fsp3) is 0.882. The largest absolute Gasteiger partial charge is 0.299 e. The molecule has 0 saturated carbocycles. The Balaban J connectivity index is 2.04. The van der Waals surface area contributed by atoms with Crippen LogP contribution >= 0.6 is 0 Å². The second kappa shape index (κ2) is 9.95. The lowest BCUT2D eigenvalue weighted by atomic mass is 10.00. The average molecular weight is 280 g/mol. The van der Waals surface area contributed by atoms with Gasteiger partial charge in [0.2, 0.25) is 5.91 Å². The summed E-state index contributed by atoms with van der Waals surface area (Å²) < 4.78 is 0. The quantitative estimate of drug-likeness (QED) is 0.545. The van der Waals surface area contributed by atoms with Gasteiger partial charge in [-0.3, -0.25) is 14.7 Å². The number of carbonyl (C=O) groups excluding carboxylic acids is 1. The van der Waals surface area contributed by atoms with Crippen LogP contribution in [-0.4, -0.2) is 29.7 Å². The van der Waals surface area contributed by atoms with Gasteiger partial charge in [-0.2, -0.15) is 0 Å². The maximum atomic E-state index is 12.2. The molecule has 0 N–H and O–H groups in total. The van der Waals surface area contributed by atoms with Crippen molar-refractivity contribution in [2.24, 2.45) is 10.9 Å². The molecule has 0 saturated heterocycles. The van der Waals surface area contributed by atoms with E-state index in [4.69, 9.17) is 0 Å². The first-order chi connectivity index (χ1) is 9.66. The molecule has 3 nitrogen and oxygen atoms in total. The van der Waals surface area contributed by atoms with Crippen LogP contribution in [0.2, 0.25) is 0 Å². The molecule has 1 aliphatic rings. The lowest BCUT2D eigenvalue weighted by Gasteiger charge is -2.20. The molecule has 0 aromatic heterocycles. The van der Waals surface area contributed by atoms with Crippen LogP contribution in [0.15, 0.2) is 4.99 Å². The Bertz CT molecular complexity index is 312. The summed E-state index contributed by atoms with van der Waals surface area (Å²) in [7, 11) is 0. The second-order valence-electron chi connectivity index (χ2n) is 6.08. The van der Waals surface area contributed by atoms with E-state index in [0.717, 1.165) is 25.3 Å². The minimum absolute atomic E-state index is 0.151. The average Bonchev–Trinajstić information content (AvgIpc) is 2.87. The second-order valence-corrected chi connectivity index (χ2v) is 6.08. The fourth-order valence-corrected chi connectivity index (χ4v) is 2.80. The van der Waals surface area contributed by atoms with E-state index in [-0.39, 0.29) is 11.8 Å². The van der Waals surface area contributed by atoms with Gasteiger partial charge < -0.3 is 0 Å². The first kappa shape index (κ1) is 17.2. The van der Waals surface area contributed by atoms with Crippen molar-refractivity contribution >= 4 is 11.7 Å². The van der Waals surface area contributed by atoms with Gasteiger partial charge in [0.25, 0.3) is 0 Å². The molecule has 20 heavy (non-hydrogen) atoms. The van der Waals surface area contributed by atoms with Crippen LogP contribution in [0.25, 0.3) is 0 Å². The lowest BCUT2D eigenvalue weighted by molar-refractivity contribution is -0.130. The van der Waals surface area contributed by atoms with Crippen molar-refractivity contribution in [2.75, 3.05) is 13.1 Å². The molecule has 3 heteroatoms. The zero-order valence-corrected chi connectivity index (χ0v) is 13.7. The Kier molecular flexibility index (Phi) is 8.56. The SMILES string of the molecule is CCCCCCCCCCC(C)C(=O)N1CCN=C1C. The van der Waals surface area contributed by atoms with E-state index in [1.54, 1.807) is 0 Å². The Labute approximate surface area is 124 Å². The Morgan fingerprint density at radius 1 is 1.15 bits per heavy atom. The topological polar surface area (TPSA) is 32.7 Å². The molecule has 0 aliphatic carbocycles. The third-order valence-corrected chi connectivity index (χ3v) is 4.23. The number of amidine groups is 1. The number of carbonyl (C=O) groups is 1. The summed E-state index contributed by atoms with van der Waals surface area (Å²) in [5.74, 6) is 1.32. The van der Waals surface area contributed by atoms with Crippen molar-refractivity contribution in [2.45, 2.75) is 78.6 Å². The molecular weight excluding hydrogens is 248 g/mol. The van der Waals surface area contributed by atoms with Crippen LogP contribution in [0.3, 0.4) is 0 Å². The van der Waals surface area contributed by atoms with E-state index >= 15 is 0 Å². The fourth-order valence-electron chi connectivity index (χ4n) is 2.80. The zero-order valence-electron chi connectivity index (χ0n) is 13.7. The summed E-state index contributed by atoms with van der Waals surface area (Å²) in [6.45, 7) is 7.82. The highest BCUT2D eigenvalue weighted by molar-refractivity contribution is 5.98. The summed E-state index contributed by atoms with van der Waals surface area (Å²) in [6.07, 6.45) is 11.6. The van der Waals surface area contributed by atoms with E-state index in [1.165, 1.54) is 51.4 Å². The molecule has 0 aromatic rings. The number of amides is 1. The van der Waals surface area contributed by atoms with Crippen LogP contribution < -0.4 is 0 Å². The Hall–Kier alpha value is -0.860. The summed E-state index contributed by atoms with van der Waals surface area (Å²) in [6, 6.07) is 0. The Morgan fingerprint density at radius 2 is 1.75 bits per heavy atom. The van der Waals surface area contributed by atoms with Gasteiger partial charge in [0.15, 0.2) is 0 Å². The number of unbranched alkanes of at least 4 members (excludes halogenated alkanes) is 7. The van der Waals surface area contributed by atoms with Crippen molar-refractivity contribution in [3.8, 4) is 0 Å². The molecule has 1 atom stereocenters. The van der Waals surface area contributed by atoms with Gasteiger partial charge in [-0.15, -0.1) is 0 Å². The third kappa shape index (κ3) is 6.06. The highest BCUT2D eigenvalue weighted by Gasteiger charge is 2.24. The maximum Gasteiger partial charge on any atom is 0.230 e. The molecule has 1 heterocycles. The van der Waals surface area contributed by atoms with Crippen LogP contribution in [0.4, 0.5) is 0 Å². The minimum Gasteiger partial charge on any atom is -0.299 e. The van der Waals surface area contributed by atoms with Gasteiger partial charge in [0, 0.05) is 12.5 Å². The molecule has 0 fully saturated rings. The predicted molar refractivity (Wildman–Crippen MR) is 86.1 cm³/mol. The molecule has 1 unspecified atom stereocenters. The minimum atomic E-state index is 0.151. The van der Waals surface area contributed by atoms with Crippen molar-refractivity contribution in [1.82, 2.24) is 4.90 Å². The van der Waals surface area contributed by atoms with Crippen LogP contribution in [0.5, 0.6) is 0 Å². The summed E-state index contributed by atoms with van der Waals surface area (Å²) in [5, 5.41) is 0. The van der Waals surface area contributed by atoms with Gasteiger partial charge >= 0.3 is 0 Å². The van der Waals surface area contributed by atoms with Gasteiger partial charge in [-0.1, -0.05) is 65.2 Å². The molecule has 1 aliphatic heterocycles. The maximum absolute atomic E-state index is 12.2. The van der Waals surface area contributed by atoms with E-state index < -0.39 is 0 Å². The van der Waals surface area contributed by atoms with Crippen molar-refractivity contribution in [3.05, 3.63) is 0 Å². The van der Waals surface area contributed by atoms with Crippen LogP contribution in [0, 0.1) is 5.92 Å². The van der Waals surface area contributed by atoms with E-state index in [1.807, 2.05) is 11.8 Å². The van der Waals surface area contributed by atoms with Gasteiger partial charge in [-0.25, -0.2) is 0 Å². The van der Waals surface area contributed by atoms with E-state index in [2.05, 4.69) is 18.8 Å². The highest BCUT2D eigenvalue weighted by Crippen LogP contribution is 2.16. The third-order valence-electron chi connectivity index (χ3n) is 4.23. The number of hydrogen-bond donors (Lipinski definition) is 0. The summed E-state index contributed by atoms with van der Waals surface area (Å²) in [5.41, 5.74) is 0.